The quantitative estimate of drug-likeness (QED) is 0.713. The molecule has 0 saturated carbocycles. The molecule has 0 radical (unpaired) electrons. The van der Waals surface area contributed by atoms with Gasteiger partial charge in [0, 0.05) is 12.7 Å². The number of rotatable bonds is 5. The van der Waals surface area contributed by atoms with Gasteiger partial charge in [-0.3, -0.25) is 9.59 Å². The van der Waals surface area contributed by atoms with E-state index in [1.54, 1.807) is 12.1 Å². The zero-order valence-corrected chi connectivity index (χ0v) is 13.4. The molecule has 2 amide bonds. The molecule has 5 N–H and O–H groups in total. The van der Waals surface area contributed by atoms with Crippen LogP contribution >= 0.6 is 23.2 Å². The summed E-state index contributed by atoms with van der Waals surface area (Å²) in [5.41, 5.74) is 11.9. The first-order valence-electron chi connectivity index (χ1n) is 6.61. The van der Waals surface area contributed by atoms with E-state index in [-0.39, 0.29) is 11.6 Å². The second-order valence-corrected chi connectivity index (χ2v) is 5.63. The van der Waals surface area contributed by atoms with Crippen molar-refractivity contribution in [1.82, 2.24) is 10.3 Å². The van der Waals surface area contributed by atoms with Crippen molar-refractivity contribution in [2.45, 2.75) is 12.5 Å². The largest absolute Gasteiger partial charge is 0.384 e. The third-order valence-corrected chi connectivity index (χ3v) is 3.88. The zero-order valence-electron chi connectivity index (χ0n) is 11.9. The molecule has 8 heteroatoms. The van der Waals surface area contributed by atoms with E-state index in [2.05, 4.69) is 10.3 Å². The molecule has 0 bridgehead atoms. The topological polar surface area (TPSA) is 111 Å². The number of nitrogens with one attached hydrogen (secondary N) is 1. The van der Waals surface area contributed by atoms with Crippen LogP contribution in [0.2, 0.25) is 10.0 Å². The summed E-state index contributed by atoms with van der Waals surface area (Å²) in [6, 6.07) is 7.83. The summed E-state index contributed by atoms with van der Waals surface area (Å²) < 4.78 is 0. The highest BCUT2D eigenvalue weighted by Crippen LogP contribution is 2.26. The van der Waals surface area contributed by atoms with E-state index >= 15 is 0 Å². The van der Waals surface area contributed by atoms with Gasteiger partial charge in [-0.1, -0.05) is 35.3 Å². The Balaban J connectivity index is 2.13. The lowest BCUT2D eigenvalue weighted by Gasteiger charge is -2.15. The molecule has 1 atom stereocenters. The van der Waals surface area contributed by atoms with Gasteiger partial charge >= 0.3 is 0 Å². The molecule has 120 valence electrons. The molecule has 2 rings (SSSR count). The molecule has 1 aromatic heterocycles. The molecule has 0 aliphatic rings. The number of carbonyl (C=O) groups excluding carboxylic acids is 2. The molecule has 2 aromatic rings. The van der Waals surface area contributed by atoms with Gasteiger partial charge in [0.2, 0.25) is 11.8 Å². The molecule has 0 aliphatic heterocycles. The highest BCUT2D eigenvalue weighted by Gasteiger charge is 2.26. The molecule has 0 saturated heterocycles. The number of hydrogen-bond donors (Lipinski definition) is 3. The third kappa shape index (κ3) is 4.34. The Kier molecular flexibility index (Phi) is 5.41. The summed E-state index contributed by atoms with van der Waals surface area (Å²) in [6.07, 6.45) is 1.54. The van der Waals surface area contributed by atoms with Crippen molar-refractivity contribution >= 4 is 40.8 Å². The Bertz CT molecular complexity index is 735. The normalized spacial score (nSPS) is 11.7. The average Bonchev–Trinajstić information content (AvgIpc) is 2.50. The molecule has 0 aliphatic carbocycles. The maximum Gasteiger partial charge on any atom is 0.237 e. The molecule has 23 heavy (non-hydrogen) atoms. The minimum absolute atomic E-state index is 0.192. The smallest absolute Gasteiger partial charge is 0.237 e. The van der Waals surface area contributed by atoms with Crippen molar-refractivity contribution in [1.29, 1.82) is 0 Å². The van der Waals surface area contributed by atoms with Gasteiger partial charge in [-0.15, -0.1) is 0 Å². The number of carbonyl (C=O) groups is 2. The van der Waals surface area contributed by atoms with E-state index in [9.17, 15) is 9.59 Å². The van der Waals surface area contributed by atoms with E-state index in [1.165, 1.54) is 24.4 Å². The molecular formula is C15H14Cl2N4O2. The fourth-order valence-corrected chi connectivity index (χ4v) is 2.28. The van der Waals surface area contributed by atoms with Crippen LogP contribution in [0.5, 0.6) is 0 Å². The lowest BCUT2D eigenvalue weighted by molar-refractivity contribution is -0.130. The van der Waals surface area contributed by atoms with Gasteiger partial charge in [0.05, 0.1) is 10.0 Å². The molecule has 6 nitrogen and oxygen atoms in total. The van der Waals surface area contributed by atoms with Gasteiger partial charge in [0.15, 0.2) is 0 Å². The maximum absolute atomic E-state index is 12.3. The number of aromatic nitrogens is 1. The van der Waals surface area contributed by atoms with Crippen LogP contribution in [0, 0.1) is 0 Å². The van der Waals surface area contributed by atoms with Crippen molar-refractivity contribution in [2.24, 2.45) is 5.73 Å². The third-order valence-electron chi connectivity index (χ3n) is 3.14. The van der Waals surface area contributed by atoms with E-state index in [0.29, 0.717) is 16.4 Å². The minimum atomic E-state index is -1.16. The summed E-state index contributed by atoms with van der Waals surface area (Å²) in [5.74, 6) is -2.10. The van der Waals surface area contributed by atoms with Crippen LogP contribution < -0.4 is 16.8 Å². The first-order chi connectivity index (χ1) is 10.9. The molecule has 1 heterocycles. The molecule has 0 unspecified atom stereocenters. The fourth-order valence-electron chi connectivity index (χ4n) is 1.97. The predicted octanol–water partition coefficient (Wildman–Crippen LogP) is 1.86. The van der Waals surface area contributed by atoms with Crippen molar-refractivity contribution in [3.63, 3.8) is 0 Å². The Hall–Kier alpha value is -2.31. The number of benzene rings is 1. The highest BCUT2D eigenvalue weighted by atomic mass is 35.5. The summed E-state index contributed by atoms with van der Waals surface area (Å²) in [6.45, 7) is 0.192. The van der Waals surface area contributed by atoms with Crippen LogP contribution in [0.25, 0.3) is 0 Å². The van der Waals surface area contributed by atoms with Gasteiger partial charge in [0.1, 0.15) is 11.7 Å². The Morgan fingerprint density at radius 3 is 2.48 bits per heavy atom. The van der Waals surface area contributed by atoms with Gasteiger partial charge < -0.3 is 16.8 Å². The van der Waals surface area contributed by atoms with Gasteiger partial charge in [-0.05, 0) is 29.3 Å². The number of nitrogens with two attached hydrogens (primary N) is 2. The van der Waals surface area contributed by atoms with Crippen molar-refractivity contribution < 1.29 is 9.59 Å². The number of nitrogen functional groups attached to an aromatic ring is 1. The Morgan fingerprint density at radius 2 is 1.91 bits per heavy atom. The van der Waals surface area contributed by atoms with Crippen LogP contribution in [0.15, 0.2) is 36.5 Å². The number of hydrogen-bond acceptors (Lipinski definition) is 4. The van der Waals surface area contributed by atoms with Gasteiger partial charge in [-0.25, -0.2) is 4.98 Å². The van der Waals surface area contributed by atoms with E-state index in [1.807, 2.05) is 0 Å². The maximum atomic E-state index is 12.3. The second kappa shape index (κ2) is 7.30. The van der Waals surface area contributed by atoms with Crippen LogP contribution in [-0.2, 0) is 16.1 Å². The number of pyridine rings is 1. The standard InChI is InChI=1S/C15H14Cl2N4O2/c16-10-3-2-9(5-11(10)17)13(14(19)22)15(23)21-7-8-1-4-12(18)20-6-8/h1-6,13H,7H2,(H2,18,20)(H2,19,22)(H,21,23)/t13-/m0/s1. The first-order valence-corrected chi connectivity index (χ1v) is 7.36. The molecular weight excluding hydrogens is 339 g/mol. The molecule has 1 aromatic carbocycles. The second-order valence-electron chi connectivity index (χ2n) is 4.82. The van der Waals surface area contributed by atoms with E-state index in [4.69, 9.17) is 34.7 Å². The average molecular weight is 353 g/mol. The monoisotopic (exact) mass is 352 g/mol. The number of amides is 2. The van der Waals surface area contributed by atoms with E-state index in [0.717, 1.165) is 5.56 Å². The zero-order chi connectivity index (χ0) is 17.0. The van der Waals surface area contributed by atoms with Crippen LogP contribution in [0.4, 0.5) is 5.82 Å². The number of halogens is 2. The molecule has 0 spiro atoms. The van der Waals surface area contributed by atoms with Crippen molar-refractivity contribution in [3.05, 3.63) is 57.7 Å². The van der Waals surface area contributed by atoms with Gasteiger partial charge in [0.25, 0.3) is 0 Å². The Labute approximate surface area is 142 Å². The van der Waals surface area contributed by atoms with Crippen LogP contribution in [0.3, 0.4) is 0 Å². The molecule has 0 fully saturated rings. The van der Waals surface area contributed by atoms with Gasteiger partial charge in [-0.2, -0.15) is 0 Å². The Morgan fingerprint density at radius 1 is 1.17 bits per heavy atom. The highest BCUT2D eigenvalue weighted by molar-refractivity contribution is 6.42. The summed E-state index contributed by atoms with van der Waals surface area (Å²) in [5, 5.41) is 3.20. The van der Waals surface area contributed by atoms with Crippen LogP contribution in [0.1, 0.15) is 17.0 Å². The first kappa shape index (κ1) is 17.1. The van der Waals surface area contributed by atoms with Crippen LogP contribution in [-0.4, -0.2) is 16.8 Å². The van der Waals surface area contributed by atoms with Crippen molar-refractivity contribution in [2.75, 3.05) is 5.73 Å². The SMILES string of the molecule is NC(=O)[C@@H](C(=O)NCc1ccc(N)nc1)c1ccc(Cl)c(Cl)c1. The number of nitrogens with zero attached hydrogens (tertiary/aromatic N) is 1. The lowest BCUT2D eigenvalue weighted by atomic mass is 9.97. The number of anilines is 1. The summed E-state index contributed by atoms with van der Waals surface area (Å²) >= 11 is 11.8. The minimum Gasteiger partial charge on any atom is -0.384 e. The predicted molar refractivity (Wildman–Crippen MR) is 88.9 cm³/mol. The summed E-state index contributed by atoms with van der Waals surface area (Å²) in [7, 11) is 0. The van der Waals surface area contributed by atoms with Crippen molar-refractivity contribution in [3.8, 4) is 0 Å². The van der Waals surface area contributed by atoms with E-state index < -0.39 is 17.7 Å². The number of primary amides is 1. The lowest BCUT2D eigenvalue weighted by Crippen LogP contribution is -2.36. The summed E-state index contributed by atoms with van der Waals surface area (Å²) in [4.78, 5) is 27.9. The fraction of sp³-hybridized carbons (Fsp3) is 0.133.